The SMILES string of the molecule is CC[C@H](N)C(=O)NCC(C(=O)O)c1ccccc1. The number of aliphatic carboxylic acids is 1. The zero-order valence-electron chi connectivity index (χ0n) is 10.3. The van der Waals surface area contributed by atoms with Crippen molar-refractivity contribution in [2.75, 3.05) is 6.54 Å². The molecule has 0 aliphatic rings. The molecule has 0 spiro atoms. The van der Waals surface area contributed by atoms with Gasteiger partial charge in [-0.1, -0.05) is 37.3 Å². The molecular weight excluding hydrogens is 232 g/mol. The van der Waals surface area contributed by atoms with E-state index in [4.69, 9.17) is 10.8 Å². The summed E-state index contributed by atoms with van der Waals surface area (Å²) >= 11 is 0. The number of carboxylic acid groups (broad SMARTS) is 1. The summed E-state index contributed by atoms with van der Waals surface area (Å²) in [6.07, 6.45) is 0.523. The highest BCUT2D eigenvalue weighted by molar-refractivity contribution is 5.83. The van der Waals surface area contributed by atoms with Gasteiger partial charge in [0.1, 0.15) is 0 Å². The number of nitrogens with one attached hydrogen (secondary N) is 1. The van der Waals surface area contributed by atoms with E-state index in [1.165, 1.54) is 0 Å². The lowest BCUT2D eigenvalue weighted by molar-refractivity contribution is -0.138. The zero-order chi connectivity index (χ0) is 13.5. The Labute approximate surface area is 106 Å². The van der Waals surface area contributed by atoms with Crippen LogP contribution in [0.5, 0.6) is 0 Å². The van der Waals surface area contributed by atoms with Gasteiger partial charge in [-0.15, -0.1) is 0 Å². The Kier molecular flexibility index (Phi) is 5.32. The molecule has 4 N–H and O–H groups in total. The molecule has 1 rings (SSSR count). The van der Waals surface area contributed by atoms with Gasteiger partial charge in [0, 0.05) is 6.54 Å². The number of rotatable bonds is 6. The minimum Gasteiger partial charge on any atom is -0.481 e. The van der Waals surface area contributed by atoms with Crippen molar-refractivity contribution < 1.29 is 14.7 Å². The van der Waals surface area contributed by atoms with Crippen LogP contribution >= 0.6 is 0 Å². The molecule has 0 radical (unpaired) electrons. The third kappa shape index (κ3) is 3.85. The average molecular weight is 250 g/mol. The summed E-state index contributed by atoms with van der Waals surface area (Å²) in [6, 6.07) is 8.22. The van der Waals surface area contributed by atoms with Gasteiger partial charge in [0.05, 0.1) is 12.0 Å². The third-order valence-electron chi connectivity index (χ3n) is 2.76. The van der Waals surface area contributed by atoms with Gasteiger partial charge in [-0.25, -0.2) is 0 Å². The van der Waals surface area contributed by atoms with Crippen molar-refractivity contribution in [2.24, 2.45) is 5.73 Å². The van der Waals surface area contributed by atoms with Crippen molar-refractivity contribution >= 4 is 11.9 Å². The largest absolute Gasteiger partial charge is 0.481 e. The average Bonchev–Trinajstić information content (AvgIpc) is 2.38. The van der Waals surface area contributed by atoms with Crippen molar-refractivity contribution in [3.05, 3.63) is 35.9 Å². The first-order valence-electron chi connectivity index (χ1n) is 5.87. The van der Waals surface area contributed by atoms with Crippen LogP contribution < -0.4 is 11.1 Å². The first-order valence-corrected chi connectivity index (χ1v) is 5.87. The van der Waals surface area contributed by atoms with E-state index in [0.29, 0.717) is 12.0 Å². The molecule has 5 heteroatoms. The van der Waals surface area contributed by atoms with Gasteiger partial charge in [0.25, 0.3) is 0 Å². The Hall–Kier alpha value is -1.88. The van der Waals surface area contributed by atoms with E-state index >= 15 is 0 Å². The highest BCUT2D eigenvalue weighted by Gasteiger charge is 2.21. The van der Waals surface area contributed by atoms with E-state index in [-0.39, 0.29) is 12.5 Å². The van der Waals surface area contributed by atoms with Crippen LogP contribution in [0.15, 0.2) is 30.3 Å². The van der Waals surface area contributed by atoms with Crippen LogP contribution in [0.1, 0.15) is 24.8 Å². The zero-order valence-corrected chi connectivity index (χ0v) is 10.3. The van der Waals surface area contributed by atoms with Gasteiger partial charge in [-0.3, -0.25) is 9.59 Å². The second kappa shape index (κ2) is 6.76. The molecule has 1 aromatic carbocycles. The van der Waals surface area contributed by atoms with Crippen LogP contribution in [0.25, 0.3) is 0 Å². The molecule has 0 saturated heterocycles. The molecule has 0 heterocycles. The minimum atomic E-state index is -0.966. The van der Waals surface area contributed by atoms with Crippen LogP contribution in [0, 0.1) is 0 Å². The molecule has 18 heavy (non-hydrogen) atoms. The van der Waals surface area contributed by atoms with Crippen molar-refractivity contribution in [1.82, 2.24) is 5.32 Å². The molecule has 5 nitrogen and oxygen atoms in total. The second-order valence-corrected chi connectivity index (χ2v) is 4.06. The van der Waals surface area contributed by atoms with E-state index in [1.54, 1.807) is 31.2 Å². The number of benzene rings is 1. The summed E-state index contributed by atoms with van der Waals surface area (Å²) in [5, 5.41) is 11.7. The molecule has 1 amide bonds. The molecule has 0 aromatic heterocycles. The molecule has 0 saturated carbocycles. The maximum atomic E-state index is 11.5. The number of carboxylic acids is 1. The maximum absolute atomic E-state index is 11.5. The number of carbonyl (C=O) groups excluding carboxylic acids is 1. The Morgan fingerprint density at radius 2 is 1.94 bits per heavy atom. The van der Waals surface area contributed by atoms with Crippen LogP contribution in [-0.2, 0) is 9.59 Å². The van der Waals surface area contributed by atoms with Gasteiger partial charge in [-0.05, 0) is 12.0 Å². The molecule has 0 aliphatic carbocycles. The number of amides is 1. The van der Waals surface area contributed by atoms with Crippen LogP contribution in [0.2, 0.25) is 0 Å². The topological polar surface area (TPSA) is 92.4 Å². The summed E-state index contributed by atoms with van der Waals surface area (Å²) in [5.74, 6) is -2.04. The Balaban J connectivity index is 2.66. The summed E-state index contributed by atoms with van der Waals surface area (Å²) in [6.45, 7) is 1.85. The quantitative estimate of drug-likeness (QED) is 0.693. The lowest BCUT2D eigenvalue weighted by atomic mass is 9.99. The van der Waals surface area contributed by atoms with Gasteiger partial charge in [0.2, 0.25) is 5.91 Å². The monoisotopic (exact) mass is 250 g/mol. The predicted octanol–water partition coefficient (Wildman–Crippen LogP) is 0.708. The summed E-state index contributed by atoms with van der Waals surface area (Å²) < 4.78 is 0. The Morgan fingerprint density at radius 1 is 1.33 bits per heavy atom. The molecular formula is C13H18N2O3. The van der Waals surface area contributed by atoms with Crippen molar-refractivity contribution in [3.63, 3.8) is 0 Å². The predicted molar refractivity (Wildman–Crippen MR) is 68.1 cm³/mol. The Morgan fingerprint density at radius 3 is 2.44 bits per heavy atom. The van der Waals surface area contributed by atoms with Gasteiger partial charge in [-0.2, -0.15) is 0 Å². The smallest absolute Gasteiger partial charge is 0.312 e. The minimum absolute atomic E-state index is 0.0475. The first kappa shape index (κ1) is 14.2. The molecule has 1 aromatic rings. The van der Waals surface area contributed by atoms with Crippen molar-refractivity contribution in [1.29, 1.82) is 0 Å². The molecule has 0 bridgehead atoms. The molecule has 98 valence electrons. The fourth-order valence-corrected chi connectivity index (χ4v) is 1.55. The van der Waals surface area contributed by atoms with Crippen molar-refractivity contribution in [2.45, 2.75) is 25.3 Å². The second-order valence-electron chi connectivity index (χ2n) is 4.06. The first-order chi connectivity index (χ1) is 8.56. The van der Waals surface area contributed by atoms with Gasteiger partial charge < -0.3 is 16.2 Å². The number of nitrogens with two attached hydrogens (primary N) is 1. The van der Waals surface area contributed by atoms with E-state index in [9.17, 15) is 9.59 Å². The third-order valence-corrected chi connectivity index (χ3v) is 2.76. The summed E-state index contributed by atoms with van der Waals surface area (Å²) in [5.41, 5.74) is 6.22. The normalized spacial score (nSPS) is 13.7. The van der Waals surface area contributed by atoms with Crippen LogP contribution in [0.3, 0.4) is 0 Å². The highest BCUT2D eigenvalue weighted by Crippen LogP contribution is 2.14. The molecule has 2 atom stereocenters. The van der Waals surface area contributed by atoms with Crippen LogP contribution in [0.4, 0.5) is 0 Å². The Bertz CT molecular complexity index is 406. The lowest BCUT2D eigenvalue weighted by Gasteiger charge is -2.15. The summed E-state index contributed by atoms with van der Waals surface area (Å²) in [4.78, 5) is 22.7. The molecule has 1 unspecified atom stereocenters. The van der Waals surface area contributed by atoms with E-state index in [0.717, 1.165) is 0 Å². The van der Waals surface area contributed by atoms with Crippen molar-refractivity contribution in [3.8, 4) is 0 Å². The molecule has 0 fully saturated rings. The number of carbonyl (C=O) groups is 2. The highest BCUT2D eigenvalue weighted by atomic mass is 16.4. The number of hydrogen-bond acceptors (Lipinski definition) is 3. The fraction of sp³-hybridized carbons (Fsp3) is 0.385. The van der Waals surface area contributed by atoms with E-state index in [2.05, 4.69) is 5.32 Å². The van der Waals surface area contributed by atoms with E-state index < -0.39 is 17.9 Å². The van der Waals surface area contributed by atoms with E-state index in [1.807, 2.05) is 6.07 Å². The van der Waals surface area contributed by atoms with Gasteiger partial charge >= 0.3 is 5.97 Å². The van der Waals surface area contributed by atoms with Crippen LogP contribution in [-0.4, -0.2) is 29.6 Å². The fourth-order valence-electron chi connectivity index (χ4n) is 1.55. The maximum Gasteiger partial charge on any atom is 0.312 e. The lowest BCUT2D eigenvalue weighted by Crippen LogP contribution is -2.42. The number of hydrogen-bond donors (Lipinski definition) is 3. The summed E-state index contributed by atoms with van der Waals surface area (Å²) in [7, 11) is 0. The van der Waals surface area contributed by atoms with Gasteiger partial charge in [0.15, 0.2) is 0 Å². The molecule has 0 aliphatic heterocycles. The standard InChI is InChI=1S/C13H18N2O3/c1-2-11(14)12(16)15-8-10(13(17)18)9-6-4-3-5-7-9/h3-7,10-11H,2,8,14H2,1H3,(H,15,16)(H,17,18)/t10?,11-/m0/s1.